The van der Waals surface area contributed by atoms with E-state index in [1.54, 1.807) is 34.6 Å². The Bertz CT molecular complexity index is 2390. The van der Waals surface area contributed by atoms with E-state index in [0.717, 1.165) is 29.1 Å². The van der Waals surface area contributed by atoms with E-state index in [1.807, 2.05) is 19.1 Å². The van der Waals surface area contributed by atoms with Crippen molar-refractivity contribution in [3.05, 3.63) is 84.8 Å². The van der Waals surface area contributed by atoms with Crippen molar-refractivity contribution in [1.29, 1.82) is 0 Å². The Kier molecular flexibility index (Phi) is 9.38. The predicted molar refractivity (Wildman–Crippen MR) is 204 cm³/mol. The van der Waals surface area contributed by atoms with Gasteiger partial charge in [-0.1, -0.05) is 34.5 Å². The maximum Gasteiger partial charge on any atom is 0.279 e. The number of nitrogens with one attached hydrogen (secondary N) is 1. The molecule has 6 heterocycles. The fraction of sp³-hybridized carbons (Fsp3) is 0.405. The molecule has 0 bridgehead atoms. The van der Waals surface area contributed by atoms with E-state index in [-0.39, 0.29) is 47.1 Å². The number of ether oxygens (including phenoxy) is 1. The maximum absolute atomic E-state index is 14.7. The van der Waals surface area contributed by atoms with Crippen LogP contribution in [0.1, 0.15) is 65.2 Å². The number of pyridine rings is 1. The van der Waals surface area contributed by atoms with Gasteiger partial charge in [-0.05, 0) is 69.4 Å². The minimum Gasteiger partial charge on any atom is -0.504 e. The first-order valence-corrected chi connectivity index (χ1v) is 19.0. The van der Waals surface area contributed by atoms with Crippen LogP contribution >= 0.6 is 27.5 Å². The number of piperidine rings is 1. The van der Waals surface area contributed by atoms with Crippen LogP contribution in [0.3, 0.4) is 0 Å². The molecule has 54 heavy (non-hydrogen) atoms. The van der Waals surface area contributed by atoms with Gasteiger partial charge in [0.2, 0.25) is 11.7 Å². The average molecular weight is 818 g/mol. The fourth-order valence-electron chi connectivity index (χ4n) is 8.18. The normalized spacial score (nSPS) is 18.0. The van der Waals surface area contributed by atoms with Crippen LogP contribution in [-0.4, -0.2) is 95.3 Å². The number of amides is 2. The lowest BCUT2D eigenvalue weighted by Gasteiger charge is -2.39. The lowest BCUT2D eigenvalue weighted by Crippen LogP contribution is -2.46. The van der Waals surface area contributed by atoms with Crippen molar-refractivity contribution in [2.75, 3.05) is 49.6 Å². The highest BCUT2D eigenvalue weighted by atomic mass is 79.9. The Morgan fingerprint density at radius 2 is 1.81 bits per heavy atom. The average Bonchev–Trinajstić information content (AvgIpc) is 3.72. The summed E-state index contributed by atoms with van der Waals surface area (Å²) in [6.07, 6.45) is 2.90. The second kappa shape index (κ2) is 14.0. The topological polar surface area (TPSA) is 173 Å². The van der Waals surface area contributed by atoms with Crippen LogP contribution in [0.15, 0.2) is 45.9 Å². The van der Waals surface area contributed by atoms with Crippen molar-refractivity contribution in [2.45, 2.75) is 57.9 Å². The van der Waals surface area contributed by atoms with E-state index in [1.165, 1.54) is 10.8 Å². The molecule has 1 unspecified atom stereocenters. The lowest BCUT2D eigenvalue weighted by atomic mass is 9.73. The number of carbonyl (C=O) groups excluding carboxylic acids is 2. The van der Waals surface area contributed by atoms with Gasteiger partial charge in [0.25, 0.3) is 11.5 Å². The summed E-state index contributed by atoms with van der Waals surface area (Å²) in [5, 5.41) is 18.6. The number of nitrogens with zero attached hydrogens (tertiary/aromatic N) is 9. The molecule has 2 saturated heterocycles. The molecular weight excluding hydrogens is 780 g/mol. The number of likely N-dealkylation sites (tertiary alicyclic amines) is 1. The molecule has 4 aromatic heterocycles. The molecule has 8 rings (SSSR count). The number of fused-ring (bicyclic) bond motifs is 3. The predicted octanol–water partition coefficient (Wildman–Crippen LogP) is 4.64. The molecule has 2 amide bonds. The lowest BCUT2D eigenvalue weighted by molar-refractivity contribution is -0.116. The number of halogens is 2. The smallest absolute Gasteiger partial charge is 0.279 e. The molecule has 280 valence electrons. The largest absolute Gasteiger partial charge is 0.504 e. The van der Waals surface area contributed by atoms with Crippen LogP contribution in [0.25, 0.3) is 17.2 Å². The Labute approximate surface area is 323 Å². The molecule has 2 N–H and O–H groups in total. The molecule has 0 radical (unpaired) electrons. The van der Waals surface area contributed by atoms with Crippen molar-refractivity contribution in [1.82, 2.24) is 39.0 Å². The van der Waals surface area contributed by atoms with Crippen LogP contribution in [0.2, 0.25) is 5.02 Å². The SMILES string of the molecule is Cc1nc(N2CCOCC2)ccc1-c1nc2n(CC(=O)Nc3ccc(Br)cc3Cl)c3c(c(=O)n2n1)C1(CCN(C(=O)c2ncnc(C)c2O)CC1)CC3C. The maximum atomic E-state index is 14.7. The number of aromatic nitrogens is 7. The summed E-state index contributed by atoms with van der Waals surface area (Å²) in [4.78, 5) is 63.6. The highest BCUT2D eigenvalue weighted by Crippen LogP contribution is 2.50. The zero-order valence-electron chi connectivity index (χ0n) is 30.0. The van der Waals surface area contributed by atoms with Crippen LogP contribution in [0, 0.1) is 13.8 Å². The standard InChI is InChI=1S/C37H38BrClN10O5/c1-20-17-37(8-10-47(11-9-37)35(53)30-32(51)22(3)40-19-41-30)29-31(20)48(18-28(50)43-26-6-4-23(38)16-25(26)39)36-44-33(45-49(36)34(29)52)24-5-7-27(42-21(24)2)46-12-14-54-15-13-46/h4-7,16,19-20,51H,8-15,17-18H2,1-3H3,(H,43,50). The van der Waals surface area contributed by atoms with Gasteiger partial charge in [-0.15, -0.1) is 5.10 Å². The summed E-state index contributed by atoms with van der Waals surface area (Å²) in [7, 11) is 0. The summed E-state index contributed by atoms with van der Waals surface area (Å²) in [6, 6.07) is 9.05. The summed E-state index contributed by atoms with van der Waals surface area (Å²) < 4.78 is 9.39. The molecule has 17 heteroatoms. The van der Waals surface area contributed by atoms with Gasteiger partial charge in [-0.3, -0.25) is 14.4 Å². The molecule has 1 aromatic carbocycles. The van der Waals surface area contributed by atoms with Crippen LogP contribution in [0.5, 0.6) is 5.75 Å². The van der Waals surface area contributed by atoms with Gasteiger partial charge < -0.3 is 29.5 Å². The number of aromatic hydroxyl groups is 1. The third kappa shape index (κ3) is 6.29. The summed E-state index contributed by atoms with van der Waals surface area (Å²) in [6.45, 7) is 8.84. The van der Waals surface area contributed by atoms with Crippen LogP contribution in [0.4, 0.5) is 11.5 Å². The van der Waals surface area contributed by atoms with E-state index in [2.05, 4.69) is 43.0 Å². The summed E-state index contributed by atoms with van der Waals surface area (Å²) in [5.74, 6) is 0.302. The monoisotopic (exact) mass is 816 g/mol. The third-order valence-corrected chi connectivity index (χ3v) is 11.7. The Balaban J connectivity index is 1.19. The number of carbonyl (C=O) groups is 2. The number of anilines is 2. The second-order valence-corrected chi connectivity index (χ2v) is 15.5. The molecule has 15 nitrogen and oxygen atoms in total. The second-order valence-electron chi connectivity index (χ2n) is 14.2. The first-order chi connectivity index (χ1) is 25.9. The quantitative estimate of drug-likeness (QED) is 0.245. The fourth-order valence-corrected chi connectivity index (χ4v) is 8.90. The van der Waals surface area contributed by atoms with Gasteiger partial charge in [0, 0.05) is 52.9 Å². The molecule has 2 aliphatic heterocycles. The van der Waals surface area contributed by atoms with E-state index < -0.39 is 5.41 Å². The highest BCUT2D eigenvalue weighted by molar-refractivity contribution is 9.10. The molecule has 1 spiro atoms. The van der Waals surface area contributed by atoms with E-state index in [9.17, 15) is 19.5 Å². The zero-order chi connectivity index (χ0) is 37.9. The van der Waals surface area contributed by atoms with Gasteiger partial charge in [-0.2, -0.15) is 9.50 Å². The molecule has 5 aromatic rings. The van der Waals surface area contributed by atoms with Crippen molar-refractivity contribution in [2.24, 2.45) is 0 Å². The number of morpholine rings is 1. The number of hydrogen-bond donors (Lipinski definition) is 2. The first-order valence-electron chi connectivity index (χ1n) is 17.8. The highest BCUT2D eigenvalue weighted by Gasteiger charge is 2.49. The number of hydrogen-bond acceptors (Lipinski definition) is 11. The Hall–Kier alpha value is -4.93. The van der Waals surface area contributed by atoms with Crippen molar-refractivity contribution in [3.8, 4) is 17.1 Å². The van der Waals surface area contributed by atoms with Crippen LogP contribution < -0.4 is 15.8 Å². The van der Waals surface area contributed by atoms with Gasteiger partial charge in [0.1, 0.15) is 18.7 Å². The van der Waals surface area contributed by atoms with E-state index >= 15 is 0 Å². The zero-order valence-corrected chi connectivity index (χ0v) is 32.3. The minimum absolute atomic E-state index is 0.0440. The van der Waals surface area contributed by atoms with Gasteiger partial charge in [0.15, 0.2) is 17.3 Å². The summed E-state index contributed by atoms with van der Waals surface area (Å²) in [5.41, 5.74) is 2.53. The van der Waals surface area contributed by atoms with Gasteiger partial charge in [-0.25, -0.2) is 15.0 Å². The molecule has 3 aliphatic rings. The van der Waals surface area contributed by atoms with Crippen LogP contribution in [-0.2, 0) is 21.5 Å². The summed E-state index contributed by atoms with van der Waals surface area (Å²) >= 11 is 9.87. The van der Waals surface area contributed by atoms with Crippen molar-refractivity contribution >= 4 is 56.6 Å². The molecular formula is C37H38BrClN10O5. The number of rotatable bonds is 6. The molecule has 1 atom stereocenters. The van der Waals surface area contributed by atoms with Gasteiger partial charge in [0.05, 0.1) is 35.3 Å². The third-order valence-electron chi connectivity index (χ3n) is 10.8. The number of benzene rings is 1. The van der Waals surface area contributed by atoms with Crippen molar-refractivity contribution < 1.29 is 19.4 Å². The molecule has 2 fully saturated rings. The minimum atomic E-state index is -0.586. The molecule has 0 saturated carbocycles. The van der Waals surface area contributed by atoms with E-state index in [4.69, 9.17) is 31.4 Å². The van der Waals surface area contributed by atoms with Crippen molar-refractivity contribution in [3.63, 3.8) is 0 Å². The van der Waals surface area contributed by atoms with Gasteiger partial charge >= 0.3 is 0 Å². The Morgan fingerprint density at radius 3 is 2.54 bits per heavy atom. The Morgan fingerprint density at radius 1 is 1.06 bits per heavy atom. The molecule has 1 aliphatic carbocycles. The first kappa shape index (κ1) is 36.1. The van der Waals surface area contributed by atoms with E-state index in [0.29, 0.717) is 84.6 Å². The number of aryl methyl sites for hydroxylation is 2.